The van der Waals surface area contributed by atoms with Gasteiger partial charge in [-0.15, -0.1) is 0 Å². The smallest absolute Gasteiger partial charge is 0.231 e. The number of nitrogens with two attached hydrogens (primary N) is 1. The highest BCUT2D eigenvalue weighted by atomic mass is 16.5. The summed E-state index contributed by atoms with van der Waals surface area (Å²) in [5.74, 6) is -0.155. The first-order valence-electron chi connectivity index (χ1n) is 7.09. The zero-order valence-corrected chi connectivity index (χ0v) is 11.4. The second-order valence-electron chi connectivity index (χ2n) is 5.47. The van der Waals surface area contributed by atoms with Crippen molar-refractivity contribution in [3.63, 3.8) is 0 Å². The highest BCUT2D eigenvalue weighted by Crippen LogP contribution is 2.19. The topological polar surface area (TPSA) is 82.2 Å². The van der Waals surface area contributed by atoms with Crippen LogP contribution in [0.15, 0.2) is 24.5 Å². The molecule has 1 amide bonds. The molecule has 3 atom stereocenters. The van der Waals surface area contributed by atoms with Crippen LogP contribution in [0.25, 0.3) is 0 Å². The Bertz CT molecular complexity index is 505. The second-order valence-corrected chi connectivity index (χ2v) is 5.47. The molecule has 0 aromatic carbocycles. The molecular weight excluding hydrogens is 256 g/mol. The number of rotatable bonds is 4. The van der Waals surface area contributed by atoms with E-state index in [2.05, 4.69) is 10.4 Å². The first-order chi connectivity index (χ1) is 9.70. The molecule has 1 aromatic heterocycles. The van der Waals surface area contributed by atoms with Crippen LogP contribution in [0.4, 0.5) is 5.69 Å². The minimum atomic E-state index is -0.133. The number of carbonyl (C=O) groups is 1. The Morgan fingerprint density at radius 3 is 3.15 bits per heavy atom. The van der Waals surface area contributed by atoms with E-state index in [0.717, 1.165) is 31.7 Å². The zero-order valence-electron chi connectivity index (χ0n) is 11.4. The van der Waals surface area contributed by atoms with Crippen LogP contribution < -0.4 is 11.1 Å². The predicted molar refractivity (Wildman–Crippen MR) is 75.1 cm³/mol. The number of anilines is 1. The molecular formula is C14H20N4O2. The molecule has 1 fully saturated rings. The fraction of sp³-hybridized carbons (Fsp3) is 0.571. The third-order valence-corrected chi connectivity index (χ3v) is 3.77. The molecule has 1 saturated heterocycles. The van der Waals surface area contributed by atoms with Gasteiger partial charge in [-0.1, -0.05) is 12.2 Å². The Labute approximate surface area is 118 Å². The van der Waals surface area contributed by atoms with Crippen molar-refractivity contribution in [1.29, 1.82) is 0 Å². The molecule has 2 aliphatic rings. The Kier molecular flexibility index (Phi) is 3.84. The summed E-state index contributed by atoms with van der Waals surface area (Å²) in [5, 5.41) is 7.13. The number of amides is 1. The molecule has 3 unspecified atom stereocenters. The number of hydrogen-bond donors (Lipinski definition) is 2. The summed E-state index contributed by atoms with van der Waals surface area (Å²) < 4.78 is 7.39. The summed E-state index contributed by atoms with van der Waals surface area (Å²) >= 11 is 0. The van der Waals surface area contributed by atoms with E-state index in [1.54, 1.807) is 6.20 Å². The molecule has 1 aromatic rings. The van der Waals surface area contributed by atoms with Gasteiger partial charge in [0.25, 0.3) is 0 Å². The number of ether oxygens (including phenoxy) is 1. The zero-order chi connectivity index (χ0) is 13.9. The molecule has 1 aliphatic heterocycles. The summed E-state index contributed by atoms with van der Waals surface area (Å²) in [6.07, 6.45) is 10.4. The maximum atomic E-state index is 12.0. The Hall–Kier alpha value is -1.66. The number of nitrogens with one attached hydrogen (secondary N) is 1. The molecule has 1 aliphatic carbocycles. The quantitative estimate of drug-likeness (QED) is 0.801. The Balaban J connectivity index is 1.54. The Morgan fingerprint density at radius 1 is 1.55 bits per heavy atom. The number of nitrogens with zero attached hydrogens (tertiary/aromatic N) is 2. The van der Waals surface area contributed by atoms with Gasteiger partial charge >= 0.3 is 0 Å². The van der Waals surface area contributed by atoms with Crippen molar-refractivity contribution in [1.82, 2.24) is 9.78 Å². The van der Waals surface area contributed by atoms with Gasteiger partial charge in [-0.3, -0.25) is 9.48 Å². The first kappa shape index (κ1) is 13.3. The molecule has 108 valence electrons. The van der Waals surface area contributed by atoms with Gasteiger partial charge in [-0.2, -0.15) is 5.10 Å². The largest absolute Gasteiger partial charge is 0.376 e. The van der Waals surface area contributed by atoms with Crippen LogP contribution in [0.5, 0.6) is 0 Å². The third kappa shape index (κ3) is 3.08. The van der Waals surface area contributed by atoms with E-state index in [1.165, 1.54) is 0 Å². The van der Waals surface area contributed by atoms with E-state index in [1.807, 2.05) is 23.0 Å². The van der Waals surface area contributed by atoms with E-state index in [9.17, 15) is 4.79 Å². The van der Waals surface area contributed by atoms with E-state index in [-0.39, 0.29) is 24.0 Å². The molecule has 3 rings (SSSR count). The van der Waals surface area contributed by atoms with Gasteiger partial charge in [-0.05, 0) is 19.3 Å². The average Bonchev–Trinajstić information content (AvgIpc) is 3.13. The van der Waals surface area contributed by atoms with Gasteiger partial charge < -0.3 is 15.8 Å². The molecule has 6 nitrogen and oxygen atoms in total. The summed E-state index contributed by atoms with van der Waals surface area (Å²) in [5.41, 5.74) is 6.48. The van der Waals surface area contributed by atoms with Gasteiger partial charge in [0, 0.05) is 18.8 Å². The van der Waals surface area contributed by atoms with Crippen molar-refractivity contribution in [3.8, 4) is 0 Å². The molecule has 3 N–H and O–H groups in total. The van der Waals surface area contributed by atoms with Crippen LogP contribution in [0.3, 0.4) is 0 Å². The van der Waals surface area contributed by atoms with Crippen LogP contribution in [0.1, 0.15) is 19.3 Å². The lowest BCUT2D eigenvalue weighted by Crippen LogP contribution is -2.23. The highest BCUT2D eigenvalue weighted by molar-refractivity contribution is 5.93. The van der Waals surface area contributed by atoms with Crippen LogP contribution in [-0.2, 0) is 16.1 Å². The molecule has 0 radical (unpaired) electrons. The lowest BCUT2D eigenvalue weighted by Gasteiger charge is -2.09. The summed E-state index contributed by atoms with van der Waals surface area (Å²) in [7, 11) is 0. The summed E-state index contributed by atoms with van der Waals surface area (Å²) in [6, 6.07) is -0.00649. The van der Waals surface area contributed by atoms with Gasteiger partial charge in [0.05, 0.1) is 30.5 Å². The minimum absolute atomic E-state index is 0.00649. The Morgan fingerprint density at radius 2 is 2.45 bits per heavy atom. The van der Waals surface area contributed by atoms with Gasteiger partial charge in [0.1, 0.15) is 0 Å². The fourth-order valence-electron chi connectivity index (χ4n) is 2.68. The lowest BCUT2D eigenvalue weighted by atomic mass is 10.1. The molecule has 6 heteroatoms. The van der Waals surface area contributed by atoms with Crippen molar-refractivity contribution < 1.29 is 9.53 Å². The van der Waals surface area contributed by atoms with E-state index < -0.39 is 0 Å². The minimum Gasteiger partial charge on any atom is -0.376 e. The van der Waals surface area contributed by atoms with E-state index in [4.69, 9.17) is 10.5 Å². The first-order valence-corrected chi connectivity index (χ1v) is 7.09. The maximum absolute atomic E-state index is 12.0. The second kappa shape index (κ2) is 5.76. The molecule has 20 heavy (non-hydrogen) atoms. The molecule has 2 heterocycles. The predicted octanol–water partition coefficient (Wildman–Crippen LogP) is 0.904. The van der Waals surface area contributed by atoms with E-state index in [0.29, 0.717) is 6.42 Å². The standard InChI is InChI=1S/C14H20N4O2/c15-11-4-3-10(6-11)14(19)17-12-7-16-18(8-12)9-13-2-1-5-20-13/h3-4,7-8,10-11,13H,1-2,5-6,9,15H2,(H,17,19). The highest BCUT2D eigenvalue weighted by Gasteiger charge is 2.23. The van der Waals surface area contributed by atoms with Crippen LogP contribution >= 0.6 is 0 Å². The van der Waals surface area contributed by atoms with Crippen molar-refractivity contribution in [2.45, 2.75) is 38.0 Å². The third-order valence-electron chi connectivity index (χ3n) is 3.77. The number of aromatic nitrogens is 2. The van der Waals surface area contributed by atoms with Gasteiger partial charge in [-0.25, -0.2) is 0 Å². The fourth-order valence-corrected chi connectivity index (χ4v) is 2.68. The lowest BCUT2D eigenvalue weighted by molar-refractivity contribution is -0.118. The van der Waals surface area contributed by atoms with Crippen LogP contribution in [0, 0.1) is 5.92 Å². The van der Waals surface area contributed by atoms with Crippen molar-refractivity contribution >= 4 is 11.6 Å². The number of carbonyl (C=O) groups excluding carboxylic acids is 1. The number of hydrogen-bond acceptors (Lipinski definition) is 4. The van der Waals surface area contributed by atoms with Crippen LogP contribution in [0.2, 0.25) is 0 Å². The van der Waals surface area contributed by atoms with Gasteiger partial charge in [0.2, 0.25) is 5.91 Å². The van der Waals surface area contributed by atoms with Crippen molar-refractivity contribution in [2.24, 2.45) is 11.7 Å². The normalized spacial score (nSPS) is 28.9. The summed E-state index contributed by atoms with van der Waals surface area (Å²) in [6.45, 7) is 1.58. The molecule has 0 saturated carbocycles. The SMILES string of the molecule is NC1C=CC(C(=O)Nc2cnn(CC3CCCO3)c2)C1. The van der Waals surface area contributed by atoms with Gasteiger partial charge in [0.15, 0.2) is 0 Å². The monoisotopic (exact) mass is 276 g/mol. The summed E-state index contributed by atoms with van der Waals surface area (Å²) in [4.78, 5) is 12.0. The van der Waals surface area contributed by atoms with Crippen molar-refractivity contribution in [3.05, 3.63) is 24.5 Å². The average molecular weight is 276 g/mol. The van der Waals surface area contributed by atoms with Crippen LogP contribution in [-0.4, -0.2) is 34.4 Å². The molecule has 0 spiro atoms. The maximum Gasteiger partial charge on any atom is 0.231 e. The van der Waals surface area contributed by atoms with E-state index >= 15 is 0 Å². The molecule has 0 bridgehead atoms. The van der Waals surface area contributed by atoms with Crippen molar-refractivity contribution in [2.75, 3.05) is 11.9 Å².